The largest absolute Gasteiger partial charge is 0.457 e. The topological polar surface area (TPSA) is 141 Å². The number of esters is 1. The molecule has 1 aromatic heterocycles. The van der Waals surface area contributed by atoms with Crippen LogP contribution in [0.1, 0.15) is 155 Å². The molecule has 0 aliphatic carbocycles. The molecule has 3 amide bonds. The van der Waals surface area contributed by atoms with Gasteiger partial charge in [-0.3, -0.25) is 24.1 Å². The summed E-state index contributed by atoms with van der Waals surface area (Å²) in [5, 5.41) is 3.75. The van der Waals surface area contributed by atoms with Crippen LogP contribution in [0.25, 0.3) is 10.2 Å². The van der Waals surface area contributed by atoms with Gasteiger partial charge in [-0.1, -0.05) is 90.0 Å². The minimum Gasteiger partial charge on any atom is -0.457 e. The monoisotopic (exact) mass is 920 g/mol. The highest BCUT2D eigenvalue weighted by molar-refractivity contribution is 7.18. The predicted molar refractivity (Wildman–Crippen MR) is 259 cm³/mol. The third kappa shape index (κ3) is 15.1. The average Bonchev–Trinajstić information content (AvgIpc) is 3.76. The summed E-state index contributed by atoms with van der Waals surface area (Å²) in [6.45, 7) is 25.8. The highest BCUT2D eigenvalue weighted by atomic mass is 32.1. The Hall–Kier alpha value is -3.94. The third-order valence-electron chi connectivity index (χ3n) is 13.5. The summed E-state index contributed by atoms with van der Waals surface area (Å²) in [5.41, 5.74) is 1.59. The van der Waals surface area contributed by atoms with Gasteiger partial charge in [0, 0.05) is 37.6 Å². The number of nitrogens with zero attached hydrogens (tertiary/aromatic N) is 2. The first kappa shape index (κ1) is 52.7. The Kier molecular flexibility index (Phi) is 19.8. The number of thiazole rings is 1. The van der Waals surface area contributed by atoms with E-state index in [-0.39, 0.29) is 35.0 Å². The van der Waals surface area contributed by atoms with E-state index >= 15 is 4.79 Å². The van der Waals surface area contributed by atoms with E-state index in [2.05, 4.69) is 70.7 Å². The van der Waals surface area contributed by atoms with E-state index in [0.717, 1.165) is 91.4 Å². The van der Waals surface area contributed by atoms with Crippen molar-refractivity contribution >= 4 is 59.5 Å². The molecule has 354 valence electrons. The number of ether oxygens (including phenoxy) is 2. The van der Waals surface area contributed by atoms with Gasteiger partial charge in [-0.15, -0.1) is 17.9 Å². The molecule has 0 bridgehead atoms. The number of ketones is 1. The van der Waals surface area contributed by atoms with E-state index in [1.807, 2.05) is 25.1 Å². The SMILES string of the molecule is C=CC[C@H]1C(=O)C(C)(C)[C@@H](OC(=O)NCCCCCCCCCCN2C(=O)C=CC2=O)CC(=O)O[C@H](c2ccc3sc(C)nc3c2)C/C=C(/C)CCC[C@H](C)[C@@H]1O[Si](C)(C)C(C)(C)C. The van der Waals surface area contributed by atoms with E-state index in [1.165, 1.54) is 22.6 Å². The van der Waals surface area contributed by atoms with E-state index in [9.17, 15) is 19.2 Å². The maximum atomic E-state index is 15.2. The lowest BCUT2D eigenvalue weighted by atomic mass is 9.71. The van der Waals surface area contributed by atoms with E-state index in [0.29, 0.717) is 25.9 Å². The number of rotatable bonds is 17. The number of allylic oxidation sites excluding steroid dienone is 2. The number of carbonyl (C=O) groups excluding carboxylic acids is 5. The van der Waals surface area contributed by atoms with Crippen LogP contribution in [0.5, 0.6) is 0 Å². The van der Waals surface area contributed by atoms with Gasteiger partial charge in [-0.25, -0.2) is 9.78 Å². The van der Waals surface area contributed by atoms with Crippen molar-refractivity contribution in [3.8, 4) is 0 Å². The Morgan fingerprint density at radius 2 is 1.66 bits per heavy atom. The minimum atomic E-state index is -2.37. The number of aryl methyl sites for hydroxylation is 1. The predicted octanol–water partition coefficient (Wildman–Crippen LogP) is 12.1. The summed E-state index contributed by atoms with van der Waals surface area (Å²) >= 11 is 1.62. The Labute approximate surface area is 388 Å². The van der Waals surface area contributed by atoms with Crippen molar-refractivity contribution in [2.24, 2.45) is 17.3 Å². The first-order chi connectivity index (χ1) is 30.1. The molecule has 0 saturated heterocycles. The molecule has 2 aromatic rings. The van der Waals surface area contributed by atoms with Crippen molar-refractivity contribution in [1.82, 2.24) is 15.2 Å². The lowest BCUT2D eigenvalue weighted by Crippen LogP contribution is -2.53. The second-order valence-corrected chi connectivity index (χ2v) is 26.2. The zero-order valence-corrected chi connectivity index (χ0v) is 42.3. The summed E-state index contributed by atoms with van der Waals surface area (Å²) in [7, 11) is -2.37. The molecule has 0 saturated carbocycles. The number of alkyl carbamates (subject to hydrolysis) is 1. The molecule has 0 fully saturated rings. The Morgan fingerprint density at radius 3 is 2.30 bits per heavy atom. The van der Waals surface area contributed by atoms with Crippen LogP contribution in [-0.4, -0.2) is 73.2 Å². The molecular weight excluding hydrogens is 843 g/mol. The smallest absolute Gasteiger partial charge is 0.407 e. The van der Waals surface area contributed by atoms with Crippen LogP contribution in [0, 0.1) is 24.2 Å². The maximum absolute atomic E-state index is 15.2. The third-order valence-corrected chi connectivity index (χ3v) is 19.0. The molecule has 4 rings (SSSR count). The highest BCUT2D eigenvalue weighted by Crippen LogP contribution is 2.43. The fourth-order valence-electron chi connectivity index (χ4n) is 8.38. The highest BCUT2D eigenvalue weighted by Gasteiger charge is 2.49. The van der Waals surface area contributed by atoms with Gasteiger partial charge in [0.25, 0.3) is 11.8 Å². The van der Waals surface area contributed by atoms with Crippen LogP contribution in [0.15, 0.2) is 54.7 Å². The van der Waals surface area contributed by atoms with Gasteiger partial charge in [-0.2, -0.15) is 0 Å². The molecule has 0 radical (unpaired) electrons. The fraction of sp³-hybridized carbons (Fsp3) is 0.647. The van der Waals surface area contributed by atoms with Crippen molar-refractivity contribution < 1.29 is 37.9 Å². The molecule has 0 unspecified atom stereocenters. The van der Waals surface area contributed by atoms with E-state index < -0.39 is 50.0 Å². The second kappa shape index (κ2) is 24.0. The summed E-state index contributed by atoms with van der Waals surface area (Å²) in [5.74, 6) is -1.69. The first-order valence-electron chi connectivity index (χ1n) is 23.7. The van der Waals surface area contributed by atoms with Gasteiger partial charge < -0.3 is 19.2 Å². The van der Waals surface area contributed by atoms with Crippen LogP contribution >= 0.6 is 11.3 Å². The molecule has 0 spiro atoms. The number of amides is 3. The van der Waals surface area contributed by atoms with E-state index in [4.69, 9.17) is 13.9 Å². The molecule has 11 nitrogen and oxygen atoms in total. The number of imide groups is 1. The quantitative estimate of drug-likeness (QED) is 0.0539. The summed E-state index contributed by atoms with van der Waals surface area (Å²) in [6.07, 6.45) is 14.5. The molecular formula is C51H77N3O8SSi. The van der Waals surface area contributed by atoms with Gasteiger partial charge >= 0.3 is 12.1 Å². The summed E-state index contributed by atoms with van der Waals surface area (Å²) in [4.78, 5) is 72.5. The van der Waals surface area contributed by atoms with Crippen LogP contribution in [-0.2, 0) is 33.1 Å². The van der Waals surface area contributed by atoms with Crippen molar-refractivity contribution in [1.29, 1.82) is 0 Å². The number of unbranched alkanes of at least 4 members (excludes halogenated alkanes) is 7. The van der Waals surface area contributed by atoms with Crippen molar-refractivity contribution in [2.75, 3.05) is 13.1 Å². The molecule has 13 heteroatoms. The average molecular weight is 920 g/mol. The number of fused-ring (bicyclic) bond motifs is 1. The minimum absolute atomic E-state index is 0.0460. The number of cyclic esters (lactones) is 1. The molecule has 2 aliphatic heterocycles. The maximum Gasteiger partial charge on any atom is 0.407 e. The number of hydrogen-bond acceptors (Lipinski definition) is 10. The normalized spacial score (nSPS) is 23.8. The molecule has 1 aromatic carbocycles. The second-order valence-electron chi connectivity index (χ2n) is 20.2. The molecule has 2 aliphatic rings. The molecule has 1 N–H and O–H groups in total. The van der Waals surface area contributed by atoms with Crippen LogP contribution in [0.2, 0.25) is 18.1 Å². The van der Waals surface area contributed by atoms with Gasteiger partial charge in [0.2, 0.25) is 0 Å². The Morgan fingerprint density at radius 1 is 1.02 bits per heavy atom. The van der Waals surface area contributed by atoms with Gasteiger partial charge in [-0.05, 0) is 108 Å². The number of hydrogen-bond donors (Lipinski definition) is 1. The number of Topliss-reactive ketones (excluding diaryl/α,β-unsaturated/α-hetero) is 1. The van der Waals surface area contributed by atoms with E-state index in [1.54, 1.807) is 31.3 Å². The molecule has 5 atom stereocenters. The number of carbonyl (C=O) groups is 5. The van der Waals surface area contributed by atoms with Gasteiger partial charge in [0.15, 0.2) is 8.32 Å². The zero-order chi connectivity index (χ0) is 47.2. The van der Waals surface area contributed by atoms with Crippen LogP contribution in [0.4, 0.5) is 4.79 Å². The van der Waals surface area contributed by atoms with Crippen molar-refractivity contribution in [3.63, 3.8) is 0 Å². The first-order valence-corrected chi connectivity index (χ1v) is 27.4. The zero-order valence-electron chi connectivity index (χ0n) is 40.5. The van der Waals surface area contributed by atoms with Crippen LogP contribution < -0.4 is 5.32 Å². The van der Waals surface area contributed by atoms with Crippen molar-refractivity contribution in [2.45, 2.75) is 182 Å². The van der Waals surface area contributed by atoms with Crippen molar-refractivity contribution in [3.05, 3.63) is 65.2 Å². The Bertz CT molecular complexity index is 1980. The standard InChI is InChI=1S/C51H77N3O8SSi/c1-12-22-39-47(62-64(10,11)50(5,6)7)36(3)24-21-23-35(2)25-27-41(38-26-28-42-40(33-38)53-37(4)63-42)60-46(57)34-43(51(8,9)48(39)58)61-49(59)52-31-19-17-15-13-14-16-18-20-32-54-44(55)29-30-45(54)56/h12,25-26,28-30,33,36,39,41,43,47H,1,13-24,27,31-32,34H2,2-11H3,(H,52,59)/b35-25-/t36-,39+,41-,43-,47-/m0/s1. The molecule has 3 heterocycles. The lowest BCUT2D eigenvalue weighted by Gasteiger charge is -2.45. The Balaban J connectivity index is 1.51. The van der Waals surface area contributed by atoms with Gasteiger partial charge in [0.05, 0.1) is 33.2 Å². The number of benzene rings is 1. The summed E-state index contributed by atoms with van der Waals surface area (Å²) < 4.78 is 20.7. The van der Waals surface area contributed by atoms with Crippen LogP contribution in [0.3, 0.4) is 0 Å². The lowest BCUT2D eigenvalue weighted by molar-refractivity contribution is -0.156. The fourth-order valence-corrected chi connectivity index (χ4v) is 10.6. The number of aromatic nitrogens is 1. The number of nitrogens with one attached hydrogen (secondary N) is 1. The molecule has 64 heavy (non-hydrogen) atoms. The summed E-state index contributed by atoms with van der Waals surface area (Å²) in [6, 6.07) is 5.99. The van der Waals surface area contributed by atoms with Gasteiger partial charge in [0.1, 0.15) is 18.0 Å².